The van der Waals surface area contributed by atoms with Gasteiger partial charge in [0.1, 0.15) is 11.0 Å². The molecule has 2 atom stereocenters. The number of hydrogen-bond donors (Lipinski definition) is 1. The first-order valence-corrected chi connectivity index (χ1v) is 5.73. The Morgan fingerprint density at radius 3 is 3.00 bits per heavy atom. The van der Waals surface area contributed by atoms with Gasteiger partial charge in [0.15, 0.2) is 0 Å². The Morgan fingerprint density at radius 2 is 2.29 bits per heavy atom. The van der Waals surface area contributed by atoms with Crippen LogP contribution >= 0.6 is 11.8 Å². The molecule has 0 aromatic heterocycles. The molecule has 14 heavy (non-hydrogen) atoms. The molecule has 0 radical (unpaired) electrons. The van der Waals surface area contributed by atoms with Gasteiger partial charge in [0, 0.05) is 11.5 Å². The molecule has 1 spiro atoms. The third kappa shape index (κ3) is 1.06. The number of fused-ring (bicyclic) bond motifs is 1. The highest BCUT2D eigenvalue weighted by atomic mass is 32.2. The first-order valence-electron chi connectivity index (χ1n) is 4.92. The molecule has 1 aromatic rings. The number of aliphatic hydroxyl groups is 1. The highest BCUT2D eigenvalue weighted by molar-refractivity contribution is 8.01. The second-order valence-corrected chi connectivity index (χ2v) is 5.14. The molecule has 0 amide bonds. The van der Waals surface area contributed by atoms with Crippen LogP contribution in [0.1, 0.15) is 24.5 Å². The molecule has 0 bridgehead atoms. The van der Waals surface area contributed by atoms with Crippen molar-refractivity contribution in [2.75, 3.05) is 6.61 Å². The lowest BCUT2D eigenvalue weighted by molar-refractivity contribution is -0.0240. The molecule has 2 nitrogen and oxygen atoms in total. The van der Waals surface area contributed by atoms with Gasteiger partial charge in [-0.15, -0.1) is 0 Å². The van der Waals surface area contributed by atoms with Gasteiger partial charge in [0.2, 0.25) is 0 Å². The molecule has 2 aliphatic heterocycles. The van der Waals surface area contributed by atoms with Crippen LogP contribution in [0.2, 0.25) is 0 Å². The lowest BCUT2D eigenvalue weighted by Crippen LogP contribution is -2.27. The van der Waals surface area contributed by atoms with Gasteiger partial charge in [-0.25, -0.2) is 0 Å². The maximum absolute atomic E-state index is 10.2. The van der Waals surface area contributed by atoms with Crippen molar-refractivity contribution >= 4 is 11.8 Å². The van der Waals surface area contributed by atoms with Gasteiger partial charge in [0.25, 0.3) is 0 Å². The van der Waals surface area contributed by atoms with Crippen molar-refractivity contribution in [2.24, 2.45) is 0 Å². The van der Waals surface area contributed by atoms with E-state index in [-0.39, 0.29) is 4.93 Å². The van der Waals surface area contributed by atoms with E-state index in [4.69, 9.17) is 4.74 Å². The summed E-state index contributed by atoms with van der Waals surface area (Å²) in [5, 5.41) is 10.2. The van der Waals surface area contributed by atoms with Crippen LogP contribution in [0.3, 0.4) is 0 Å². The number of hydrogen-bond acceptors (Lipinski definition) is 3. The molecular formula is C11H12O2S. The highest BCUT2D eigenvalue weighted by Crippen LogP contribution is 2.56. The molecule has 1 saturated heterocycles. The normalized spacial score (nSPS) is 35.1. The molecule has 1 N–H and O–H groups in total. The first-order chi connectivity index (χ1) is 6.82. The summed E-state index contributed by atoms with van der Waals surface area (Å²) < 4.78 is 5.71. The van der Waals surface area contributed by atoms with Crippen LogP contribution in [-0.2, 0) is 4.74 Å². The fourth-order valence-corrected chi connectivity index (χ4v) is 3.65. The number of ether oxygens (including phenoxy) is 1. The molecule has 2 aliphatic rings. The minimum absolute atomic E-state index is 0.371. The average Bonchev–Trinajstić information content (AvgIpc) is 2.77. The molecule has 1 aromatic carbocycles. The molecule has 3 heteroatoms. The Kier molecular flexibility index (Phi) is 1.87. The Morgan fingerprint density at radius 1 is 1.43 bits per heavy atom. The van der Waals surface area contributed by atoms with Crippen molar-refractivity contribution in [1.29, 1.82) is 0 Å². The number of aliphatic hydroxyl groups excluding tert-OH is 1. The minimum atomic E-state index is -0.453. The number of benzene rings is 1. The largest absolute Gasteiger partial charge is 0.384 e. The Bertz CT molecular complexity index is 358. The van der Waals surface area contributed by atoms with E-state index >= 15 is 0 Å². The van der Waals surface area contributed by atoms with E-state index in [0.29, 0.717) is 0 Å². The quantitative estimate of drug-likeness (QED) is 0.709. The maximum Gasteiger partial charge on any atom is 0.148 e. The number of thioether (sulfide) groups is 1. The predicted octanol–water partition coefficient (Wildman–Crippen LogP) is 2.33. The van der Waals surface area contributed by atoms with Gasteiger partial charge < -0.3 is 9.84 Å². The monoisotopic (exact) mass is 208 g/mol. The van der Waals surface area contributed by atoms with Crippen LogP contribution in [0.4, 0.5) is 0 Å². The molecule has 2 unspecified atom stereocenters. The van der Waals surface area contributed by atoms with Crippen LogP contribution < -0.4 is 0 Å². The molecule has 0 saturated carbocycles. The zero-order valence-electron chi connectivity index (χ0n) is 7.77. The van der Waals surface area contributed by atoms with E-state index < -0.39 is 6.10 Å². The Balaban J connectivity index is 2.04. The van der Waals surface area contributed by atoms with Gasteiger partial charge in [-0.1, -0.05) is 30.0 Å². The molecule has 0 aliphatic carbocycles. The standard InChI is InChI=1S/C11H12O2S/c12-10-8-4-1-2-5-9(8)14-11(10)6-3-7-13-11/h1-2,4-5,10,12H,3,6-7H2. The summed E-state index contributed by atoms with van der Waals surface area (Å²) in [5.41, 5.74) is 1.03. The lowest BCUT2D eigenvalue weighted by Gasteiger charge is -2.25. The fraction of sp³-hybridized carbons (Fsp3) is 0.455. The summed E-state index contributed by atoms with van der Waals surface area (Å²) in [5.74, 6) is 0. The predicted molar refractivity (Wildman–Crippen MR) is 55.2 cm³/mol. The van der Waals surface area contributed by atoms with Gasteiger partial charge in [-0.2, -0.15) is 0 Å². The molecule has 74 valence electrons. The third-order valence-corrected chi connectivity index (χ3v) is 4.41. The van der Waals surface area contributed by atoms with Gasteiger partial charge in [-0.3, -0.25) is 0 Å². The SMILES string of the molecule is OC1c2ccccc2SC12CCCO2. The molecule has 2 heterocycles. The second-order valence-electron chi connectivity index (χ2n) is 3.81. The summed E-state index contributed by atoms with van der Waals surface area (Å²) >= 11 is 1.68. The van der Waals surface area contributed by atoms with E-state index in [0.717, 1.165) is 25.0 Å². The lowest BCUT2D eigenvalue weighted by atomic mass is 10.0. The van der Waals surface area contributed by atoms with E-state index in [1.54, 1.807) is 11.8 Å². The van der Waals surface area contributed by atoms with Crippen LogP contribution in [-0.4, -0.2) is 16.6 Å². The van der Waals surface area contributed by atoms with Crippen molar-refractivity contribution in [1.82, 2.24) is 0 Å². The zero-order chi connectivity index (χ0) is 9.60. The topological polar surface area (TPSA) is 29.5 Å². The average molecular weight is 208 g/mol. The summed E-state index contributed by atoms with van der Waals surface area (Å²) in [4.78, 5) is 0.797. The van der Waals surface area contributed by atoms with Crippen molar-refractivity contribution in [3.05, 3.63) is 29.8 Å². The fourth-order valence-electron chi connectivity index (χ4n) is 2.21. The second kappa shape index (κ2) is 2.99. The first kappa shape index (κ1) is 8.77. The van der Waals surface area contributed by atoms with Crippen molar-refractivity contribution in [2.45, 2.75) is 28.8 Å². The van der Waals surface area contributed by atoms with Gasteiger partial charge >= 0.3 is 0 Å². The van der Waals surface area contributed by atoms with Gasteiger partial charge in [0.05, 0.1) is 0 Å². The van der Waals surface area contributed by atoms with Gasteiger partial charge in [-0.05, 0) is 24.5 Å². The highest BCUT2D eigenvalue weighted by Gasteiger charge is 2.49. The minimum Gasteiger partial charge on any atom is -0.384 e. The van der Waals surface area contributed by atoms with Crippen LogP contribution in [0.5, 0.6) is 0 Å². The summed E-state index contributed by atoms with van der Waals surface area (Å²) in [6, 6.07) is 8.02. The van der Waals surface area contributed by atoms with Crippen LogP contribution in [0.15, 0.2) is 29.2 Å². The van der Waals surface area contributed by atoms with Crippen LogP contribution in [0.25, 0.3) is 0 Å². The molecule has 3 rings (SSSR count). The van der Waals surface area contributed by atoms with Crippen LogP contribution in [0, 0.1) is 0 Å². The molecular weight excluding hydrogens is 196 g/mol. The van der Waals surface area contributed by atoms with E-state index in [9.17, 15) is 5.11 Å². The zero-order valence-corrected chi connectivity index (χ0v) is 8.59. The summed E-state index contributed by atoms with van der Waals surface area (Å²) in [6.07, 6.45) is 1.55. The van der Waals surface area contributed by atoms with E-state index in [2.05, 4.69) is 6.07 Å². The smallest absolute Gasteiger partial charge is 0.148 e. The number of rotatable bonds is 0. The van der Waals surface area contributed by atoms with Crippen molar-refractivity contribution in [3.8, 4) is 0 Å². The summed E-state index contributed by atoms with van der Waals surface area (Å²) in [6.45, 7) is 0.776. The summed E-state index contributed by atoms with van der Waals surface area (Å²) in [7, 11) is 0. The van der Waals surface area contributed by atoms with Crippen molar-refractivity contribution in [3.63, 3.8) is 0 Å². The molecule has 1 fully saturated rings. The van der Waals surface area contributed by atoms with Crippen molar-refractivity contribution < 1.29 is 9.84 Å². The third-order valence-electron chi connectivity index (χ3n) is 2.93. The van der Waals surface area contributed by atoms with E-state index in [1.165, 1.54) is 4.90 Å². The Labute approximate surface area is 87.3 Å². The Hall–Kier alpha value is -0.510. The maximum atomic E-state index is 10.2. The van der Waals surface area contributed by atoms with E-state index in [1.807, 2.05) is 18.2 Å².